The molecule has 10 nitrogen and oxygen atoms in total. The van der Waals surface area contributed by atoms with Crippen LogP contribution in [0.3, 0.4) is 0 Å². The zero-order chi connectivity index (χ0) is 32.5. The van der Waals surface area contributed by atoms with Gasteiger partial charge in [-0.05, 0) is 56.8 Å². The Morgan fingerprint density at radius 1 is 1.16 bits per heavy atom. The number of rotatable bonds is 7. The highest BCUT2D eigenvalue weighted by Gasteiger charge is 2.57. The topological polar surface area (TPSA) is 133 Å². The molecule has 246 valence electrons. The minimum atomic E-state index is -0.905. The van der Waals surface area contributed by atoms with Gasteiger partial charge in [0.05, 0.1) is 18.3 Å². The van der Waals surface area contributed by atoms with Crippen molar-refractivity contribution in [1.29, 1.82) is 0 Å². The number of esters is 2. The van der Waals surface area contributed by atoms with E-state index in [1.165, 1.54) is 0 Å². The fraction of sp³-hybridized carbons (Fsp3) is 0.629. The van der Waals surface area contributed by atoms with E-state index < -0.39 is 36.0 Å². The predicted molar refractivity (Wildman–Crippen MR) is 166 cm³/mol. The Morgan fingerprint density at radius 3 is 2.62 bits per heavy atom. The van der Waals surface area contributed by atoms with Gasteiger partial charge < -0.3 is 33.2 Å². The fourth-order valence-corrected chi connectivity index (χ4v) is 6.64. The van der Waals surface area contributed by atoms with Crippen LogP contribution in [-0.4, -0.2) is 77.5 Å². The van der Waals surface area contributed by atoms with E-state index in [1.807, 2.05) is 71.1 Å². The van der Waals surface area contributed by atoms with Gasteiger partial charge in [0.15, 0.2) is 12.0 Å². The lowest BCUT2D eigenvalue weighted by Gasteiger charge is -2.33. The van der Waals surface area contributed by atoms with Crippen molar-refractivity contribution in [2.75, 3.05) is 7.11 Å². The molecule has 10 heteroatoms. The maximum atomic E-state index is 13.4. The number of aryl methyl sites for hydroxylation is 1. The Bertz CT molecular complexity index is 1360. The molecule has 5 rings (SSSR count). The molecule has 1 N–H and O–H groups in total. The number of aromatic nitrogens is 1. The summed E-state index contributed by atoms with van der Waals surface area (Å²) in [6, 6.07) is 0. The molecule has 0 aliphatic carbocycles. The van der Waals surface area contributed by atoms with Crippen LogP contribution in [0.2, 0.25) is 0 Å². The number of nitrogens with zero attached hydrogens (tertiary/aromatic N) is 1. The summed E-state index contributed by atoms with van der Waals surface area (Å²) < 4.78 is 34.7. The summed E-state index contributed by atoms with van der Waals surface area (Å²) in [4.78, 5) is 30.1. The van der Waals surface area contributed by atoms with Crippen LogP contribution < -0.4 is 0 Å². The van der Waals surface area contributed by atoms with Crippen molar-refractivity contribution in [1.82, 2.24) is 4.98 Å². The number of methoxy groups -OCH3 is 1. The van der Waals surface area contributed by atoms with Crippen molar-refractivity contribution < 1.29 is 42.8 Å². The van der Waals surface area contributed by atoms with Crippen molar-refractivity contribution >= 4 is 18.0 Å². The second-order valence-electron chi connectivity index (χ2n) is 13.3. The van der Waals surface area contributed by atoms with Crippen molar-refractivity contribution in [2.24, 2.45) is 17.8 Å². The van der Waals surface area contributed by atoms with Gasteiger partial charge in [0, 0.05) is 38.7 Å². The largest absolute Gasteiger partial charge is 0.462 e. The van der Waals surface area contributed by atoms with E-state index in [9.17, 15) is 14.7 Å². The van der Waals surface area contributed by atoms with Crippen LogP contribution >= 0.6 is 0 Å². The number of epoxide rings is 2. The van der Waals surface area contributed by atoms with Gasteiger partial charge >= 0.3 is 11.9 Å². The first kappa shape index (κ1) is 33.3. The van der Waals surface area contributed by atoms with Crippen molar-refractivity contribution in [3.05, 3.63) is 59.4 Å². The van der Waals surface area contributed by atoms with E-state index in [0.717, 1.165) is 16.8 Å². The number of allylic oxidation sites excluding steroid dienone is 4. The molecule has 11 atom stereocenters. The molecular formula is C35H47NO9. The molecule has 2 bridgehead atoms. The standard InChI is InChI=1S/C35H47NO9/c1-19(13-25-18-41-23(5)36-25)9-8-10-21(3)32(40-7)22(4)27-17-29(37)35(6)30(45-35)12-11-20(2)26-14-24(16-31(38)42-26)15-28-33(43-28)34(39)44-27/h8-13,18,20,22,24,26-30,32-33,37H,14-17H2,1-7H3/t20-,22+,24+,26-,27+,28-,29+,30-,32+,33?,35+/m1/s1. The fourth-order valence-electron chi connectivity index (χ4n) is 6.64. The molecule has 4 aliphatic rings. The summed E-state index contributed by atoms with van der Waals surface area (Å²) in [5.74, 6) is -0.316. The van der Waals surface area contributed by atoms with Gasteiger partial charge in [-0.3, -0.25) is 4.79 Å². The summed E-state index contributed by atoms with van der Waals surface area (Å²) >= 11 is 0. The van der Waals surface area contributed by atoms with Crippen LogP contribution in [0.1, 0.15) is 71.9 Å². The number of carbonyl (C=O) groups excluding carboxylic acids is 2. The van der Waals surface area contributed by atoms with Gasteiger partial charge in [-0.25, -0.2) is 9.78 Å². The summed E-state index contributed by atoms with van der Waals surface area (Å²) in [6.07, 6.45) is 11.7. The molecule has 3 saturated heterocycles. The maximum Gasteiger partial charge on any atom is 0.338 e. The smallest absolute Gasteiger partial charge is 0.338 e. The summed E-state index contributed by atoms with van der Waals surface area (Å²) in [5.41, 5.74) is 1.86. The zero-order valence-corrected chi connectivity index (χ0v) is 27.3. The van der Waals surface area contributed by atoms with Gasteiger partial charge in [0.25, 0.3) is 0 Å². The van der Waals surface area contributed by atoms with Crippen LogP contribution in [0.5, 0.6) is 0 Å². The molecule has 45 heavy (non-hydrogen) atoms. The zero-order valence-electron chi connectivity index (χ0n) is 27.3. The minimum absolute atomic E-state index is 0.0130. The number of fused-ring (bicyclic) bond motifs is 4. The third-order valence-electron chi connectivity index (χ3n) is 9.63. The highest BCUT2D eigenvalue weighted by Crippen LogP contribution is 2.44. The first-order chi connectivity index (χ1) is 21.4. The Hall–Kier alpha value is -3.05. The number of aliphatic hydroxyl groups is 1. The van der Waals surface area contributed by atoms with Crippen LogP contribution in [0.15, 0.2) is 52.2 Å². The second-order valence-corrected chi connectivity index (χ2v) is 13.3. The van der Waals surface area contributed by atoms with Gasteiger partial charge in [-0.2, -0.15) is 0 Å². The number of aliphatic hydroxyl groups excluding tert-OH is 1. The number of cyclic esters (lactones) is 1. The van der Waals surface area contributed by atoms with Gasteiger partial charge in [-0.1, -0.05) is 44.2 Å². The van der Waals surface area contributed by atoms with E-state index >= 15 is 0 Å². The normalized spacial score (nSPS) is 37.3. The lowest BCUT2D eigenvalue weighted by molar-refractivity contribution is -0.159. The van der Waals surface area contributed by atoms with E-state index in [1.54, 1.807) is 20.3 Å². The van der Waals surface area contributed by atoms with Crippen LogP contribution in [0.4, 0.5) is 0 Å². The van der Waals surface area contributed by atoms with E-state index in [0.29, 0.717) is 25.2 Å². The lowest BCUT2D eigenvalue weighted by atomic mass is 9.84. The van der Waals surface area contributed by atoms with Crippen molar-refractivity contribution in [3.8, 4) is 0 Å². The van der Waals surface area contributed by atoms with Gasteiger partial charge in [-0.15, -0.1) is 0 Å². The average molecular weight is 626 g/mol. The Kier molecular flexibility index (Phi) is 10.2. The van der Waals surface area contributed by atoms with Crippen molar-refractivity contribution in [3.63, 3.8) is 0 Å². The number of carbonyl (C=O) groups is 2. The minimum Gasteiger partial charge on any atom is -0.462 e. The number of hydrogen-bond donors (Lipinski definition) is 1. The van der Waals surface area contributed by atoms with E-state index in [2.05, 4.69) is 4.98 Å². The quantitative estimate of drug-likeness (QED) is 0.190. The summed E-state index contributed by atoms with van der Waals surface area (Å²) in [5, 5.41) is 11.4. The highest BCUT2D eigenvalue weighted by molar-refractivity contribution is 5.78. The van der Waals surface area contributed by atoms with Gasteiger partial charge in [0.2, 0.25) is 0 Å². The summed E-state index contributed by atoms with van der Waals surface area (Å²) in [6.45, 7) is 11.6. The molecule has 3 fully saturated rings. The molecule has 0 radical (unpaired) electrons. The molecule has 5 heterocycles. The maximum absolute atomic E-state index is 13.4. The molecule has 0 aromatic carbocycles. The van der Waals surface area contributed by atoms with E-state index in [4.69, 9.17) is 28.1 Å². The molecule has 1 unspecified atom stereocenters. The molecule has 0 saturated carbocycles. The van der Waals surface area contributed by atoms with Crippen LogP contribution in [0.25, 0.3) is 6.08 Å². The Balaban J connectivity index is 1.33. The highest BCUT2D eigenvalue weighted by atomic mass is 16.6. The van der Waals surface area contributed by atoms with Crippen LogP contribution in [0, 0.1) is 24.7 Å². The average Bonchev–Trinajstić information content (AvgIpc) is 3.86. The second kappa shape index (κ2) is 13.7. The van der Waals surface area contributed by atoms with Crippen LogP contribution in [-0.2, 0) is 33.3 Å². The Labute approximate surface area is 265 Å². The third kappa shape index (κ3) is 8.03. The molecule has 0 spiro atoms. The monoisotopic (exact) mass is 625 g/mol. The molecule has 1 aromatic rings. The predicted octanol–water partition coefficient (Wildman–Crippen LogP) is 5.05. The first-order valence-electron chi connectivity index (χ1n) is 16.0. The molecule has 1 aromatic heterocycles. The molecule has 4 aliphatic heterocycles. The molecule has 0 amide bonds. The van der Waals surface area contributed by atoms with Crippen molar-refractivity contribution in [2.45, 2.75) is 116 Å². The number of oxazole rings is 1. The number of ether oxygens (including phenoxy) is 5. The van der Waals surface area contributed by atoms with Gasteiger partial charge in [0.1, 0.15) is 35.9 Å². The third-order valence-corrected chi connectivity index (χ3v) is 9.63. The summed E-state index contributed by atoms with van der Waals surface area (Å²) in [7, 11) is 1.63. The number of hydrogen-bond acceptors (Lipinski definition) is 10. The van der Waals surface area contributed by atoms with E-state index in [-0.39, 0.29) is 48.5 Å². The Morgan fingerprint density at radius 2 is 1.91 bits per heavy atom. The molecular weight excluding hydrogens is 578 g/mol. The SMILES string of the molecule is CO[C@@H](C(C)=CC=CC(C)=Cc1coc(C)n1)[C@@H](C)[C@@H]1C[C@H](O)[C@]2(C)O[C@@H]2C=C[C@@H](C)[C@H]2C[C@H](CC(=O)O2)C[C@H]2OC2C(=O)O1. The lowest BCUT2D eigenvalue weighted by Crippen LogP contribution is -2.42. The first-order valence-corrected chi connectivity index (χ1v) is 16.0.